The van der Waals surface area contributed by atoms with E-state index in [-0.39, 0.29) is 25.4 Å². The monoisotopic (exact) mass is 478 g/mol. The van der Waals surface area contributed by atoms with E-state index >= 15 is 0 Å². The van der Waals surface area contributed by atoms with Crippen LogP contribution in [-0.2, 0) is 17.8 Å². The number of fused-ring (bicyclic) bond motifs is 1. The maximum Gasteiger partial charge on any atom is 0.332 e. The molecule has 0 bridgehead atoms. The Balaban J connectivity index is 1.71. The third kappa shape index (κ3) is 5.17. The average molecular weight is 479 g/mol. The Morgan fingerprint density at radius 3 is 2.46 bits per heavy atom. The van der Waals surface area contributed by atoms with Crippen molar-refractivity contribution >= 4 is 23.7 Å². The first kappa shape index (κ1) is 24.7. The lowest BCUT2D eigenvalue weighted by Crippen LogP contribution is -2.55. The minimum atomic E-state index is -0.817. The molecule has 0 radical (unpaired) electrons. The second-order valence-corrected chi connectivity index (χ2v) is 9.61. The first-order valence-electron chi connectivity index (χ1n) is 12.2. The van der Waals surface area contributed by atoms with E-state index in [2.05, 4.69) is 0 Å². The summed E-state index contributed by atoms with van der Waals surface area (Å²) in [5.41, 5.74) is 3.73. The van der Waals surface area contributed by atoms with E-state index in [0.29, 0.717) is 6.54 Å². The van der Waals surface area contributed by atoms with Crippen LogP contribution in [0.2, 0.25) is 0 Å². The molecule has 8 heteroatoms. The number of benzene rings is 2. The minimum Gasteiger partial charge on any atom is -0.391 e. The van der Waals surface area contributed by atoms with Gasteiger partial charge in [0, 0.05) is 39.3 Å². The third-order valence-corrected chi connectivity index (χ3v) is 6.89. The number of aliphatic hydroxyl groups is 1. The summed E-state index contributed by atoms with van der Waals surface area (Å²) in [7, 11) is 3.25. The molecule has 2 aromatic rings. The number of aryl methyl sites for hydroxylation is 2. The molecule has 0 saturated carbocycles. The van der Waals surface area contributed by atoms with Gasteiger partial charge in [0.2, 0.25) is 5.91 Å². The molecule has 0 aromatic heterocycles. The van der Waals surface area contributed by atoms with Gasteiger partial charge in [-0.2, -0.15) is 0 Å². The van der Waals surface area contributed by atoms with Crippen molar-refractivity contribution in [2.45, 2.75) is 51.3 Å². The number of likely N-dealkylation sites (tertiary alicyclic amines) is 1. The van der Waals surface area contributed by atoms with Crippen molar-refractivity contribution in [2.75, 3.05) is 32.1 Å². The van der Waals surface area contributed by atoms with E-state index in [0.717, 1.165) is 41.6 Å². The Labute approximate surface area is 206 Å². The second-order valence-electron chi connectivity index (χ2n) is 9.61. The summed E-state index contributed by atoms with van der Waals surface area (Å²) >= 11 is 0. The summed E-state index contributed by atoms with van der Waals surface area (Å²) in [4.78, 5) is 46.5. The van der Waals surface area contributed by atoms with Crippen LogP contribution < -0.4 is 4.90 Å². The van der Waals surface area contributed by atoms with Crippen LogP contribution in [-0.4, -0.2) is 77.1 Å². The number of nitrogens with zero attached hydrogens (tertiary/aromatic N) is 4. The van der Waals surface area contributed by atoms with E-state index < -0.39 is 24.2 Å². The summed E-state index contributed by atoms with van der Waals surface area (Å²) in [6.07, 6.45) is 2.01. The van der Waals surface area contributed by atoms with Crippen LogP contribution in [0.1, 0.15) is 36.0 Å². The van der Waals surface area contributed by atoms with Crippen LogP contribution in [0.4, 0.5) is 15.3 Å². The van der Waals surface area contributed by atoms with E-state index in [9.17, 15) is 19.5 Å². The topological polar surface area (TPSA) is 84.4 Å². The van der Waals surface area contributed by atoms with Crippen LogP contribution >= 0.6 is 0 Å². The van der Waals surface area contributed by atoms with Crippen LogP contribution in [0.25, 0.3) is 0 Å². The summed E-state index contributed by atoms with van der Waals surface area (Å²) in [6.45, 7) is 2.55. The van der Waals surface area contributed by atoms with Crippen molar-refractivity contribution in [3.63, 3.8) is 0 Å². The molecule has 2 atom stereocenters. The molecule has 2 aromatic carbocycles. The highest BCUT2D eigenvalue weighted by Gasteiger charge is 2.43. The number of carbonyl (C=O) groups is 3. The smallest absolute Gasteiger partial charge is 0.332 e. The number of hydrogen-bond donors (Lipinski definition) is 1. The number of carbonyl (C=O) groups excluding carboxylic acids is 3. The Bertz CT molecular complexity index is 1100. The normalized spacial score (nSPS) is 19.7. The van der Waals surface area contributed by atoms with E-state index in [1.807, 2.05) is 55.5 Å². The highest BCUT2D eigenvalue weighted by Crippen LogP contribution is 2.29. The third-order valence-electron chi connectivity index (χ3n) is 6.89. The molecule has 1 saturated heterocycles. The van der Waals surface area contributed by atoms with Crippen LogP contribution in [0, 0.1) is 6.92 Å². The van der Waals surface area contributed by atoms with Gasteiger partial charge in [0.05, 0.1) is 12.6 Å². The lowest BCUT2D eigenvalue weighted by Gasteiger charge is -2.34. The lowest BCUT2D eigenvalue weighted by molar-refractivity contribution is -0.132. The van der Waals surface area contributed by atoms with Crippen molar-refractivity contribution in [1.82, 2.24) is 14.7 Å². The fraction of sp³-hybridized carbons (Fsp3) is 0.444. The average Bonchev–Trinajstić information content (AvgIpc) is 3.10. The molecule has 2 aliphatic rings. The van der Waals surface area contributed by atoms with Gasteiger partial charge in [-0.3, -0.25) is 9.69 Å². The van der Waals surface area contributed by atoms with Gasteiger partial charge in [-0.05, 0) is 48.9 Å². The number of rotatable bonds is 3. The number of para-hydroxylation sites is 1. The fourth-order valence-electron chi connectivity index (χ4n) is 4.92. The number of β-amino-alcohol motifs (C(OH)–C–C–N with tert-alkyl or cyclic N) is 1. The molecule has 0 spiro atoms. The molecule has 8 nitrogen and oxygen atoms in total. The molecular weight excluding hydrogens is 444 g/mol. The van der Waals surface area contributed by atoms with Gasteiger partial charge in [-0.15, -0.1) is 0 Å². The zero-order valence-electron chi connectivity index (χ0n) is 20.7. The molecule has 1 N–H and O–H groups in total. The highest BCUT2D eigenvalue weighted by molar-refractivity contribution is 6.03. The van der Waals surface area contributed by atoms with Crippen LogP contribution in [0.3, 0.4) is 0 Å². The number of aliphatic hydroxyl groups excluding tert-OH is 1. The molecule has 1 fully saturated rings. The maximum atomic E-state index is 14.1. The first-order valence-corrected chi connectivity index (χ1v) is 12.2. The number of likely N-dealkylation sites (N-methyl/N-ethyl adjacent to an activating group) is 1. The Morgan fingerprint density at radius 2 is 1.71 bits per heavy atom. The maximum absolute atomic E-state index is 14.1. The van der Waals surface area contributed by atoms with Crippen molar-refractivity contribution in [3.05, 3.63) is 65.2 Å². The summed E-state index contributed by atoms with van der Waals surface area (Å²) in [5.74, 6) is -0.265. The number of hydrogen-bond acceptors (Lipinski definition) is 4. The second kappa shape index (κ2) is 10.5. The zero-order chi connectivity index (χ0) is 25.1. The number of anilines is 1. The molecule has 2 heterocycles. The standard InChI is InChI=1S/C27H34N4O4/c1-19-10-4-5-13-21(19)17-31(27(35)30-18-22(32)16-24(30)25(33)28(2)3)26(34)29-15-9-8-12-20-11-6-7-14-23(20)29/h4-7,10-11,13-14,22,24,32H,8-9,12,15-18H2,1-3H3/t22-,24+/m1/s1. The van der Waals surface area contributed by atoms with Crippen molar-refractivity contribution < 1.29 is 19.5 Å². The summed E-state index contributed by atoms with van der Waals surface area (Å²) < 4.78 is 0. The Kier molecular flexibility index (Phi) is 7.40. The molecule has 5 amide bonds. The highest BCUT2D eigenvalue weighted by atomic mass is 16.3. The lowest BCUT2D eigenvalue weighted by atomic mass is 10.1. The molecular formula is C27H34N4O4. The van der Waals surface area contributed by atoms with Gasteiger partial charge < -0.3 is 14.9 Å². The summed E-state index contributed by atoms with van der Waals surface area (Å²) in [5, 5.41) is 10.3. The number of imide groups is 1. The Morgan fingerprint density at radius 1 is 1.00 bits per heavy atom. The number of urea groups is 2. The zero-order valence-corrected chi connectivity index (χ0v) is 20.7. The predicted octanol–water partition coefficient (Wildman–Crippen LogP) is 3.40. The molecule has 2 aliphatic heterocycles. The van der Waals surface area contributed by atoms with E-state index in [4.69, 9.17) is 0 Å². The van der Waals surface area contributed by atoms with Gasteiger partial charge in [0.25, 0.3) is 0 Å². The largest absolute Gasteiger partial charge is 0.391 e. The van der Waals surface area contributed by atoms with E-state index in [1.54, 1.807) is 19.0 Å². The molecule has 186 valence electrons. The fourth-order valence-corrected chi connectivity index (χ4v) is 4.92. The predicted molar refractivity (Wildman–Crippen MR) is 134 cm³/mol. The van der Waals surface area contributed by atoms with Crippen LogP contribution in [0.5, 0.6) is 0 Å². The van der Waals surface area contributed by atoms with Crippen molar-refractivity contribution in [3.8, 4) is 0 Å². The van der Waals surface area contributed by atoms with Gasteiger partial charge in [0.15, 0.2) is 0 Å². The van der Waals surface area contributed by atoms with Gasteiger partial charge >= 0.3 is 12.1 Å². The Hall–Kier alpha value is -3.39. The van der Waals surface area contributed by atoms with Crippen molar-refractivity contribution in [1.29, 1.82) is 0 Å². The van der Waals surface area contributed by atoms with Gasteiger partial charge in [-0.25, -0.2) is 14.5 Å². The molecule has 0 unspecified atom stereocenters. The minimum absolute atomic E-state index is 0.0111. The van der Waals surface area contributed by atoms with Gasteiger partial charge in [-0.1, -0.05) is 42.5 Å². The van der Waals surface area contributed by atoms with Crippen molar-refractivity contribution in [2.24, 2.45) is 0 Å². The quantitative estimate of drug-likeness (QED) is 0.733. The summed E-state index contributed by atoms with van der Waals surface area (Å²) in [6, 6.07) is 13.7. The number of amides is 5. The SMILES string of the molecule is Cc1ccccc1CN(C(=O)N1CCCCc2ccccc21)C(=O)N1C[C@H](O)C[C@H]1C(=O)N(C)C. The van der Waals surface area contributed by atoms with Crippen LogP contribution in [0.15, 0.2) is 48.5 Å². The molecule has 4 rings (SSSR count). The van der Waals surface area contributed by atoms with Gasteiger partial charge in [0.1, 0.15) is 6.04 Å². The molecule has 35 heavy (non-hydrogen) atoms. The molecule has 0 aliphatic carbocycles. The van der Waals surface area contributed by atoms with E-state index in [1.165, 1.54) is 14.7 Å². The first-order chi connectivity index (χ1) is 16.8.